The van der Waals surface area contributed by atoms with Crippen LogP contribution in [0.25, 0.3) is 0 Å². The van der Waals surface area contributed by atoms with Gasteiger partial charge < -0.3 is 0 Å². The molecule has 1 heterocycles. The highest BCUT2D eigenvalue weighted by molar-refractivity contribution is 6.43. The quantitative estimate of drug-likeness (QED) is 0.457. The third-order valence-electron chi connectivity index (χ3n) is 5.53. The number of allylic oxidation sites excluding steroid dienone is 2. The Hall–Kier alpha value is -2.81. The zero-order valence-electron chi connectivity index (χ0n) is 20.2. The lowest BCUT2D eigenvalue weighted by atomic mass is 9.86. The van der Waals surface area contributed by atoms with E-state index in [0.717, 1.165) is 40.6 Å². The second kappa shape index (κ2) is 8.74. The summed E-state index contributed by atoms with van der Waals surface area (Å²) >= 11 is 0. The molecule has 0 unspecified atom stereocenters. The second-order valence-corrected chi connectivity index (χ2v) is 10.3. The first kappa shape index (κ1) is 22.9. The van der Waals surface area contributed by atoms with Crippen LogP contribution in [0.4, 0.5) is 11.4 Å². The average molecular weight is 414 g/mol. The Balaban J connectivity index is 1.88. The van der Waals surface area contributed by atoms with Crippen molar-refractivity contribution >= 4 is 28.5 Å². The molecule has 0 radical (unpaired) electrons. The first-order valence-corrected chi connectivity index (χ1v) is 11.0. The number of aliphatic imine (C=N–C) groups is 3. The molecule has 2 aromatic carbocycles. The Bertz CT molecular complexity index is 1080. The van der Waals surface area contributed by atoms with Gasteiger partial charge in [-0.3, -0.25) is 9.98 Å². The Labute approximate surface area is 187 Å². The van der Waals surface area contributed by atoms with Gasteiger partial charge in [0.15, 0.2) is 0 Å². The molecule has 0 atom stereocenters. The maximum Gasteiger partial charge on any atom is 0.0810 e. The molecule has 3 rings (SSSR count). The summed E-state index contributed by atoms with van der Waals surface area (Å²) in [5.74, 6) is 0. The monoisotopic (exact) mass is 413 g/mol. The third-order valence-corrected chi connectivity index (χ3v) is 5.53. The summed E-state index contributed by atoms with van der Waals surface area (Å²) in [6.07, 6.45) is 2.94. The van der Waals surface area contributed by atoms with E-state index < -0.39 is 0 Å². The molecule has 0 bridgehead atoms. The van der Waals surface area contributed by atoms with Gasteiger partial charge in [-0.05, 0) is 47.9 Å². The average Bonchev–Trinajstić information content (AvgIpc) is 3.18. The Kier molecular flexibility index (Phi) is 6.45. The number of hydrogen-bond donors (Lipinski definition) is 0. The van der Waals surface area contributed by atoms with Crippen molar-refractivity contribution in [1.29, 1.82) is 0 Å². The van der Waals surface area contributed by atoms with Crippen LogP contribution in [0.1, 0.15) is 72.9 Å². The predicted octanol–water partition coefficient (Wildman–Crippen LogP) is 7.90. The molecule has 0 aliphatic carbocycles. The molecular weight excluding hydrogens is 378 g/mol. The fourth-order valence-corrected chi connectivity index (χ4v) is 3.78. The van der Waals surface area contributed by atoms with E-state index in [-0.39, 0.29) is 10.8 Å². The van der Waals surface area contributed by atoms with Crippen LogP contribution in [0.5, 0.6) is 0 Å². The minimum atomic E-state index is 0.0442. The molecule has 0 saturated carbocycles. The minimum absolute atomic E-state index is 0.0442. The summed E-state index contributed by atoms with van der Waals surface area (Å²) in [6, 6.07) is 16.7. The van der Waals surface area contributed by atoms with E-state index in [2.05, 4.69) is 90.9 Å². The van der Waals surface area contributed by atoms with E-state index in [4.69, 9.17) is 15.0 Å². The summed E-state index contributed by atoms with van der Waals surface area (Å²) < 4.78 is 0. The van der Waals surface area contributed by atoms with Gasteiger partial charge in [-0.2, -0.15) is 0 Å². The number of nitrogens with zero attached hydrogens (tertiary/aromatic N) is 3. The third kappa shape index (κ3) is 5.46. The largest absolute Gasteiger partial charge is 0.252 e. The first-order chi connectivity index (χ1) is 14.5. The molecule has 0 fully saturated rings. The van der Waals surface area contributed by atoms with Gasteiger partial charge in [0.25, 0.3) is 0 Å². The predicted molar refractivity (Wildman–Crippen MR) is 136 cm³/mol. The molecule has 0 spiro atoms. The van der Waals surface area contributed by atoms with Gasteiger partial charge in [0, 0.05) is 6.42 Å². The van der Waals surface area contributed by atoms with Gasteiger partial charge in [0.2, 0.25) is 0 Å². The molecule has 2 aromatic rings. The van der Waals surface area contributed by atoms with Crippen molar-refractivity contribution in [2.45, 2.75) is 72.6 Å². The van der Waals surface area contributed by atoms with Crippen molar-refractivity contribution in [2.24, 2.45) is 15.0 Å². The van der Waals surface area contributed by atoms with Crippen molar-refractivity contribution in [3.05, 3.63) is 71.4 Å². The van der Waals surface area contributed by atoms with Crippen LogP contribution in [0.15, 0.2) is 75.3 Å². The minimum Gasteiger partial charge on any atom is -0.252 e. The molecular formula is C28H35N3. The highest BCUT2D eigenvalue weighted by Gasteiger charge is 2.20. The molecule has 1 aliphatic heterocycles. The number of rotatable bonds is 4. The van der Waals surface area contributed by atoms with E-state index in [0.29, 0.717) is 0 Å². The maximum atomic E-state index is 4.94. The molecule has 1 aliphatic rings. The standard InChI is InChI=1S/C28H35N3/c1-19(29-25-15-11-9-13-21(25)27(3,4)5)23-17-18-24(31-23)20(2)30-26-16-12-10-14-22(26)28(6,7)8/h9-17H,18H2,1-8H3. The molecule has 3 nitrogen and oxygen atoms in total. The van der Waals surface area contributed by atoms with E-state index in [1.165, 1.54) is 11.1 Å². The van der Waals surface area contributed by atoms with Gasteiger partial charge in [-0.25, -0.2) is 4.99 Å². The Morgan fingerprint density at radius 2 is 1.16 bits per heavy atom. The van der Waals surface area contributed by atoms with Gasteiger partial charge >= 0.3 is 0 Å². The summed E-state index contributed by atoms with van der Waals surface area (Å²) in [6.45, 7) is 17.4. The van der Waals surface area contributed by atoms with Crippen molar-refractivity contribution in [1.82, 2.24) is 0 Å². The summed E-state index contributed by atoms with van der Waals surface area (Å²) in [7, 11) is 0. The van der Waals surface area contributed by atoms with Crippen LogP contribution >= 0.6 is 0 Å². The summed E-state index contributed by atoms with van der Waals surface area (Å²) in [4.78, 5) is 14.8. The number of benzene rings is 2. The highest BCUT2D eigenvalue weighted by atomic mass is 14.9. The van der Waals surface area contributed by atoms with Crippen molar-refractivity contribution in [3.8, 4) is 0 Å². The van der Waals surface area contributed by atoms with Crippen LogP contribution < -0.4 is 0 Å². The SMILES string of the molecule is CC(=Nc1ccccc1C(C)(C)C)C1=CCC(C(C)=Nc2ccccc2C(C)(C)C)=N1. The zero-order chi connectivity index (χ0) is 22.8. The summed E-state index contributed by atoms with van der Waals surface area (Å²) in [5, 5.41) is 0. The normalized spacial score (nSPS) is 15.7. The first-order valence-electron chi connectivity index (χ1n) is 11.0. The van der Waals surface area contributed by atoms with Crippen LogP contribution in [0, 0.1) is 0 Å². The second-order valence-electron chi connectivity index (χ2n) is 10.3. The zero-order valence-corrected chi connectivity index (χ0v) is 20.2. The van der Waals surface area contributed by atoms with Crippen LogP contribution in [0.3, 0.4) is 0 Å². The molecule has 0 amide bonds. The van der Waals surface area contributed by atoms with Crippen molar-refractivity contribution < 1.29 is 0 Å². The van der Waals surface area contributed by atoms with Crippen LogP contribution in [-0.4, -0.2) is 17.1 Å². The van der Waals surface area contributed by atoms with E-state index in [9.17, 15) is 0 Å². The lowest BCUT2D eigenvalue weighted by Crippen LogP contribution is -2.12. The lowest BCUT2D eigenvalue weighted by Gasteiger charge is -2.21. The van der Waals surface area contributed by atoms with Gasteiger partial charge in [0.1, 0.15) is 0 Å². The fraction of sp³-hybridized carbons (Fsp3) is 0.393. The topological polar surface area (TPSA) is 37.1 Å². The van der Waals surface area contributed by atoms with Crippen molar-refractivity contribution in [3.63, 3.8) is 0 Å². The summed E-state index contributed by atoms with van der Waals surface area (Å²) in [5.41, 5.74) is 8.48. The van der Waals surface area contributed by atoms with Gasteiger partial charge in [-0.15, -0.1) is 0 Å². The smallest absolute Gasteiger partial charge is 0.0810 e. The highest BCUT2D eigenvalue weighted by Crippen LogP contribution is 2.33. The number of hydrogen-bond acceptors (Lipinski definition) is 3. The fourth-order valence-electron chi connectivity index (χ4n) is 3.78. The molecule has 31 heavy (non-hydrogen) atoms. The maximum absolute atomic E-state index is 4.94. The molecule has 0 aromatic heterocycles. The van der Waals surface area contributed by atoms with Gasteiger partial charge in [0.05, 0.1) is 34.2 Å². The van der Waals surface area contributed by atoms with E-state index in [1.54, 1.807) is 0 Å². The van der Waals surface area contributed by atoms with Crippen LogP contribution in [-0.2, 0) is 10.8 Å². The molecule has 0 N–H and O–H groups in total. The Morgan fingerprint density at radius 3 is 1.65 bits per heavy atom. The van der Waals surface area contributed by atoms with E-state index in [1.807, 2.05) is 19.1 Å². The molecule has 3 heteroatoms. The lowest BCUT2D eigenvalue weighted by molar-refractivity contribution is 0.591. The molecule has 0 saturated heterocycles. The van der Waals surface area contributed by atoms with Crippen molar-refractivity contribution in [2.75, 3.05) is 0 Å². The number of para-hydroxylation sites is 2. The van der Waals surface area contributed by atoms with Crippen LogP contribution in [0.2, 0.25) is 0 Å². The molecule has 162 valence electrons. The Morgan fingerprint density at radius 1 is 0.710 bits per heavy atom. The van der Waals surface area contributed by atoms with Gasteiger partial charge in [-0.1, -0.05) is 84.0 Å². The van der Waals surface area contributed by atoms with E-state index >= 15 is 0 Å².